The Balaban J connectivity index is 1.69. The lowest BCUT2D eigenvalue weighted by molar-refractivity contribution is -0.122. The fraction of sp³-hybridized carbons (Fsp3) is 0.167. The van der Waals surface area contributed by atoms with Crippen LogP contribution < -0.4 is 14.8 Å². The van der Waals surface area contributed by atoms with Gasteiger partial charge in [-0.05, 0) is 43.3 Å². The smallest absolute Gasteiger partial charge is 0.266 e. The molecule has 0 radical (unpaired) electrons. The van der Waals surface area contributed by atoms with Crippen molar-refractivity contribution < 1.29 is 14.3 Å². The number of amides is 1. The van der Waals surface area contributed by atoms with Crippen LogP contribution in [-0.4, -0.2) is 24.1 Å². The molecule has 0 aliphatic heterocycles. The van der Waals surface area contributed by atoms with Gasteiger partial charge < -0.3 is 9.47 Å². The minimum absolute atomic E-state index is 0.312. The Morgan fingerprint density at radius 2 is 2.12 bits per heavy atom. The zero-order chi connectivity index (χ0) is 17.8. The highest BCUT2D eigenvalue weighted by atomic mass is 32.1. The number of fused-ring (bicyclic) bond motifs is 1. The molecule has 25 heavy (non-hydrogen) atoms. The largest absolute Gasteiger partial charge is 0.497 e. The van der Waals surface area contributed by atoms with Gasteiger partial charge in [-0.15, -0.1) is 0 Å². The van der Waals surface area contributed by atoms with E-state index in [0.29, 0.717) is 16.4 Å². The van der Waals surface area contributed by atoms with Crippen LogP contribution in [0.5, 0.6) is 11.5 Å². The van der Waals surface area contributed by atoms with Crippen molar-refractivity contribution in [2.45, 2.75) is 13.0 Å². The Kier molecular flexibility index (Phi) is 4.82. The van der Waals surface area contributed by atoms with Gasteiger partial charge in [0.05, 0.1) is 29.0 Å². The van der Waals surface area contributed by atoms with E-state index >= 15 is 0 Å². The molecule has 1 heterocycles. The zero-order valence-electron chi connectivity index (χ0n) is 13.6. The number of hydrogen-bond donors (Lipinski definition) is 1. The molecule has 2 aromatic carbocycles. The van der Waals surface area contributed by atoms with Gasteiger partial charge in [0, 0.05) is 0 Å². The minimum Gasteiger partial charge on any atom is -0.497 e. The number of carbonyl (C=O) groups is 1. The van der Waals surface area contributed by atoms with Gasteiger partial charge in [-0.1, -0.05) is 17.4 Å². The Morgan fingerprint density at radius 1 is 1.28 bits per heavy atom. The topological polar surface area (TPSA) is 84.2 Å². The molecule has 7 heteroatoms. The predicted molar refractivity (Wildman–Crippen MR) is 96.0 cm³/mol. The second kappa shape index (κ2) is 7.20. The maximum atomic E-state index is 12.3. The number of nitrogens with zero attached hydrogens (tertiary/aromatic N) is 2. The number of anilines is 1. The molecule has 0 saturated heterocycles. The van der Waals surface area contributed by atoms with Crippen molar-refractivity contribution in [1.82, 2.24) is 4.98 Å². The van der Waals surface area contributed by atoms with Crippen LogP contribution >= 0.6 is 11.3 Å². The van der Waals surface area contributed by atoms with Crippen LogP contribution in [0.15, 0.2) is 42.5 Å². The highest BCUT2D eigenvalue weighted by Gasteiger charge is 2.17. The number of nitrogens with one attached hydrogen (secondary N) is 1. The summed E-state index contributed by atoms with van der Waals surface area (Å²) in [5.41, 5.74) is 1.27. The molecule has 1 amide bonds. The summed E-state index contributed by atoms with van der Waals surface area (Å²) < 4.78 is 11.7. The van der Waals surface area contributed by atoms with E-state index < -0.39 is 6.10 Å². The van der Waals surface area contributed by atoms with Crippen LogP contribution in [0.25, 0.3) is 10.2 Å². The molecule has 3 rings (SSSR count). The number of nitriles is 1. The van der Waals surface area contributed by atoms with Crippen LogP contribution in [-0.2, 0) is 4.79 Å². The number of benzene rings is 2. The van der Waals surface area contributed by atoms with Gasteiger partial charge in [-0.25, -0.2) is 4.98 Å². The maximum absolute atomic E-state index is 12.3. The number of aromatic nitrogens is 1. The molecule has 1 N–H and O–H groups in total. The highest BCUT2D eigenvalue weighted by Crippen LogP contribution is 2.29. The van der Waals surface area contributed by atoms with E-state index in [4.69, 9.17) is 14.7 Å². The average Bonchev–Trinajstić information content (AvgIpc) is 3.02. The number of ether oxygens (including phenoxy) is 2. The molecular formula is C18H15N3O3S. The summed E-state index contributed by atoms with van der Waals surface area (Å²) in [6.07, 6.45) is -0.726. The molecule has 0 bridgehead atoms. The Morgan fingerprint density at radius 3 is 2.88 bits per heavy atom. The standard InChI is InChI=1S/C18H15N3O3S/c1-11(24-14-5-3-4-12(8-14)10-19)17(22)21-18-20-15-7-6-13(23-2)9-16(15)25-18/h3-9,11H,1-2H3,(H,20,21,22). The molecule has 1 unspecified atom stereocenters. The van der Waals surface area contributed by atoms with E-state index in [2.05, 4.69) is 10.3 Å². The number of rotatable bonds is 5. The van der Waals surface area contributed by atoms with Crippen LogP contribution in [0, 0.1) is 11.3 Å². The summed E-state index contributed by atoms with van der Waals surface area (Å²) in [4.78, 5) is 16.7. The molecule has 0 aliphatic carbocycles. The summed E-state index contributed by atoms with van der Waals surface area (Å²) in [6, 6.07) is 14.2. The van der Waals surface area contributed by atoms with E-state index in [1.807, 2.05) is 24.3 Å². The first-order valence-electron chi connectivity index (χ1n) is 7.51. The molecule has 1 atom stereocenters. The van der Waals surface area contributed by atoms with Gasteiger partial charge in [-0.3, -0.25) is 10.1 Å². The van der Waals surface area contributed by atoms with Crippen LogP contribution in [0.3, 0.4) is 0 Å². The van der Waals surface area contributed by atoms with Crippen molar-refractivity contribution >= 4 is 32.6 Å². The summed E-state index contributed by atoms with van der Waals surface area (Å²) in [7, 11) is 1.60. The van der Waals surface area contributed by atoms with E-state index in [-0.39, 0.29) is 5.91 Å². The van der Waals surface area contributed by atoms with Crippen molar-refractivity contribution in [3.8, 4) is 17.6 Å². The average molecular weight is 353 g/mol. The fourth-order valence-electron chi connectivity index (χ4n) is 2.19. The van der Waals surface area contributed by atoms with Crippen molar-refractivity contribution in [1.29, 1.82) is 5.26 Å². The van der Waals surface area contributed by atoms with E-state index in [9.17, 15) is 4.79 Å². The van der Waals surface area contributed by atoms with Crippen molar-refractivity contribution in [2.75, 3.05) is 12.4 Å². The minimum atomic E-state index is -0.726. The highest BCUT2D eigenvalue weighted by molar-refractivity contribution is 7.22. The Hall–Kier alpha value is -3.11. The molecule has 0 aliphatic rings. The summed E-state index contributed by atoms with van der Waals surface area (Å²) in [5.74, 6) is 0.896. The lowest BCUT2D eigenvalue weighted by atomic mass is 10.2. The third kappa shape index (κ3) is 3.87. The van der Waals surface area contributed by atoms with E-state index in [1.165, 1.54) is 11.3 Å². The normalized spacial score (nSPS) is 11.6. The Labute approximate surface area is 148 Å². The number of methoxy groups -OCH3 is 1. The molecule has 0 spiro atoms. The summed E-state index contributed by atoms with van der Waals surface area (Å²) in [5, 5.41) is 12.2. The predicted octanol–water partition coefficient (Wildman–Crippen LogP) is 3.58. The molecule has 6 nitrogen and oxygen atoms in total. The maximum Gasteiger partial charge on any atom is 0.266 e. The first kappa shape index (κ1) is 16.7. The van der Waals surface area contributed by atoms with Crippen LogP contribution in [0.2, 0.25) is 0 Å². The molecule has 126 valence electrons. The van der Waals surface area contributed by atoms with Gasteiger partial charge in [-0.2, -0.15) is 5.26 Å². The van der Waals surface area contributed by atoms with Crippen molar-refractivity contribution in [3.05, 3.63) is 48.0 Å². The van der Waals surface area contributed by atoms with Gasteiger partial charge in [0.15, 0.2) is 11.2 Å². The van der Waals surface area contributed by atoms with Gasteiger partial charge >= 0.3 is 0 Å². The number of hydrogen-bond acceptors (Lipinski definition) is 6. The van der Waals surface area contributed by atoms with E-state index in [1.54, 1.807) is 38.3 Å². The number of thiazole rings is 1. The molecular weight excluding hydrogens is 338 g/mol. The lowest BCUT2D eigenvalue weighted by Crippen LogP contribution is -2.30. The molecule has 3 aromatic rings. The van der Waals surface area contributed by atoms with Gasteiger partial charge in [0.2, 0.25) is 0 Å². The zero-order valence-corrected chi connectivity index (χ0v) is 14.5. The fourth-order valence-corrected chi connectivity index (χ4v) is 3.09. The third-order valence-electron chi connectivity index (χ3n) is 3.47. The molecule has 0 saturated carbocycles. The second-order valence-electron chi connectivity index (χ2n) is 5.24. The SMILES string of the molecule is COc1ccc2nc(NC(=O)C(C)Oc3cccc(C#N)c3)sc2c1. The number of carbonyl (C=O) groups excluding carboxylic acids is 1. The van der Waals surface area contributed by atoms with Gasteiger partial charge in [0.1, 0.15) is 11.5 Å². The van der Waals surface area contributed by atoms with Crippen molar-refractivity contribution in [3.63, 3.8) is 0 Å². The summed E-state index contributed by atoms with van der Waals surface area (Å²) in [6.45, 7) is 1.64. The first-order valence-corrected chi connectivity index (χ1v) is 8.33. The Bertz CT molecular complexity index is 962. The van der Waals surface area contributed by atoms with E-state index in [0.717, 1.165) is 16.0 Å². The second-order valence-corrected chi connectivity index (χ2v) is 6.27. The monoisotopic (exact) mass is 353 g/mol. The third-order valence-corrected chi connectivity index (χ3v) is 4.40. The quantitative estimate of drug-likeness (QED) is 0.758. The first-order chi connectivity index (χ1) is 12.1. The van der Waals surface area contributed by atoms with Crippen molar-refractivity contribution in [2.24, 2.45) is 0 Å². The van der Waals surface area contributed by atoms with Gasteiger partial charge in [0.25, 0.3) is 5.91 Å². The summed E-state index contributed by atoms with van der Waals surface area (Å²) >= 11 is 1.36. The molecule has 0 fully saturated rings. The molecule has 1 aromatic heterocycles. The lowest BCUT2D eigenvalue weighted by Gasteiger charge is -2.13. The van der Waals surface area contributed by atoms with Crippen LogP contribution in [0.1, 0.15) is 12.5 Å². The van der Waals surface area contributed by atoms with Crippen LogP contribution in [0.4, 0.5) is 5.13 Å².